The van der Waals surface area contributed by atoms with E-state index in [0.717, 1.165) is 50.3 Å². The lowest BCUT2D eigenvalue weighted by atomic mass is 10.1. The number of carbonyl (C=O) groups excluding carboxylic acids is 1. The molecule has 1 aliphatic rings. The highest BCUT2D eigenvalue weighted by Crippen LogP contribution is 2.14. The highest BCUT2D eigenvalue weighted by Gasteiger charge is 2.11. The van der Waals surface area contributed by atoms with E-state index in [4.69, 9.17) is 0 Å². The summed E-state index contributed by atoms with van der Waals surface area (Å²) < 4.78 is 13.2. The van der Waals surface area contributed by atoms with Gasteiger partial charge in [-0.25, -0.2) is 4.39 Å². The van der Waals surface area contributed by atoms with Crippen LogP contribution in [0.1, 0.15) is 25.3 Å². The van der Waals surface area contributed by atoms with Crippen molar-refractivity contribution in [1.82, 2.24) is 15.1 Å². The van der Waals surface area contributed by atoms with Crippen molar-refractivity contribution in [3.63, 3.8) is 0 Å². The second kappa shape index (κ2) is 9.55. The van der Waals surface area contributed by atoms with Crippen LogP contribution in [0.3, 0.4) is 0 Å². The van der Waals surface area contributed by atoms with E-state index in [2.05, 4.69) is 22.2 Å². The summed E-state index contributed by atoms with van der Waals surface area (Å²) in [6, 6.07) is 6.30. The fourth-order valence-corrected chi connectivity index (χ4v) is 2.90. The van der Waals surface area contributed by atoms with Crippen LogP contribution >= 0.6 is 0 Å². The number of allylic oxidation sites excluding steroid dienone is 1. The minimum absolute atomic E-state index is 0.118. The molecule has 0 spiro atoms. The molecular weight excluding hydrogens is 305 g/mol. The average Bonchev–Trinajstić information content (AvgIpc) is 2.76. The van der Waals surface area contributed by atoms with E-state index >= 15 is 0 Å². The predicted molar refractivity (Wildman–Crippen MR) is 96.2 cm³/mol. The van der Waals surface area contributed by atoms with Gasteiger partial charge in [-0.1, -0.05) is 12.1 Å². The van der Waals surface area contributed by atoms with Crippen molar-refractivity contribution in [2.24, 2.45) is 0 Å². The maximum absolute atomic E-state index is 13.2. The fourth-order valence-electron chi connectivity index (χ4n) is 2.90. The number of amides is 1. The zero-order valence-corrected chi connectivity index (χ0v) is 14.7. The molecule has 1 aliphatic heterocycles. The van der Waals surface area contributed by atoms with Gasteiger partial charge in [-0.05, 0) is 69.7 Å². The van der Waals surface area contributed by atoms with Crippen LogP contribution in [0.4, 0.5) is 4.39 Å². The number of hydrogen-bond donors (Lipinski definition) is 1. The summed E-state index contributed by atoms with van der Waals surface area (Å²) in [6.07, 6.45) is 3.69. The third kappa shape index (κ3) is 6.42. The van der Waals surface area contributed by atoms with Crippen LogP contribution in [-0.2, 0) is 4.79 Å². The van der Waals surface area contributed by atoms with Crippen LogP contribution in [0.15, 0.2) is 30.3 Å². The number of nitrogens with zero attached hydrogens (tertiary/aromatic N) is 2. The van der Waals surface area contributed by atoms with E-state index in [1.54, 1.807) is 12.1 Å². The number of carbonyl (C=O) groups is 1. The van der Waals surface area contributed by atoms with E-state index in [1.807, 2.05) is 6.92 Å². The lowest BCUT2D eigenvalue weighted by molar-refractivity contribution is -0.116. The van der Waals surface area contributed by atoms with Crippen molar-refractivity contribution >= 4 is 11.5 Å². The summed E-state index contributed by atoms with van der Waals surface area (Å²) in [5.74, 6) is -0.406. The SMILES string of the molecule is CC(=CC(=O)NCCCN1CCCN(C)CC1)c1cccc(F)c1. The molecule has 24 heavy (non-hydrogen) atoms. The number of benzene rings is 1. The second-order valence-corrected chi connectivity index (χ2v) is 6.48. The molecule has 1 N–H and O–H groups in total. The van der Waals surface area contributed by atoms with Crippen molar-refractivity contribution < 1.29 is 9.18 Å². The number of likely N-dealkylation sites (N-methyl/N-ethyl adjacent to an activating group) is 1. The topological polar surface area (TPSA) is 35.6 Å². The molecule has 1 fully saturated rings. The quantitative estimate of drug-likeness (QED) is 0.641. The Morgan fingerprint density at radius 2 is 2.12 bits per heavy atom. The molecule has 132 valence electrons. The molecule has 5 heteroatoms. The monoisotopic (exact) mass is 333 g/mol. The first kappa shape index (κ1) is 18.6. The van der Waals surface area contributed by atoms with E-state index < -0.39 is 0 Å². The number of hydrogen-bond acceptors (Lipinski definition) is 3. The smallest absolute Gasteiger partial charge is 0.244 e. The summed E-state index contributed by atoms with van der Waals surface area (Å²) >= 11 is 0. The van der Waals surface area contributed by atoms with Crippen LogP contribution in [0.25, 0.3) is 5.57 Å². The van der Waals surface area contributed by atoms with Crippen LogP contribution in [0.2, 0.25) is 0 Å². The Bertz CT molecular complexity index is 573. The maximum atomic E-state index is 13.2. The zero-order valence-electron chi connectivity index (χ0n) is 14.7. The van der Waals surface area contributed by atoms with Crippen molar-refractivity contribution in [2.45, 2.75) is 19.8 Å². The molecule has 1 heterocycles. The van der Waals surface area contributed by atoms with Gasteiger partial charge in [0.05, 0.1) is 0 Å². The molecule has 1 aromatic carbocycles. The molecule has 0 radical (unpaired) electrons. The fraction of sp³-hybridized carbons (Fsp3) is 0.526. The average molecular weight is 333 g/mol. The third-order valence-corrected chi connectivity index (χ3v) is 4.39. The first-order valence-corrected chi connectivity index (χ1v) is 8.67. The van der Waals surface area contributed by atoms with Gasteiger partial charge in [-0.2, -0.15) is 0 Å². The predicted octanol–water partition coefficient (Wildman–Crippen LogP) is 2.37. The van der Waals surface area contributed by atoms with Gasteiger partial charge >= 0.3 is 0 Å². The summed E-state index contributed by atoms with van der Waals surface area (Å²) in [6.45, 7) is 8.01. The van der Waals surface area contributed by atoms with Crippen molar-refractivity contribution in [3.8, 4) is 0 Å². The standard InChI is InChI=1S/C19H28FN3O/c1-16(17-6-3-7-18(20)15-17)14-19(24)21-8-4-10-23-11-5-9-22(2)12-13-23/h3,6-7,14-15H,4-5,8-13H2,1-2H3,(H,21,24). The zero-order chi connectivity index (χ0) is 17.4. The molecule has 0 atom stereocenters. The van der Waals surface area contributed by atoms with Gasteiger partial charge in [0.25, 0.3) is 0 Å². The molecule has 4 nitrogen and oxygen atoms in total. The molecule has 0 aliphatic carbocycles. The van der Waals surface area contributed by atoms with Gasteiger partial charge < -0.3 is 15.1 Å². The Balaban J connectivity index is 1.70. The largest absolute Gasteiger partial charge is 0.352 e. The van der Waals surface area contributed by atoms with Gasteiger partial charge in [-0.15, -0.1) is 0 Å². The molecule has 1 saturated heterocycles. The highest BCUT2D eigenvalue weighted by molar-refractivity contribution is 5.94. The number of rotatable bonds is 6. The Morgan fingerprint density at radius 1 is 1.29 bits per heavy atom. The Morgan fingerprint density at radius 3 is 2.92 bits per heavy atom. The van der Waals surface area contributed by atoms with Crippen LogP contribution in [0.5, 0.6) is 0 Å². The Hall–Kier alpha value is -1.72. The molecule has 0 aromatic heterocycles. The molecule has 0 saturated carbocycles. The third-order valence-electron chi connectivity index (χ3n) is 4.39. The molecule has 0 bridgehead atoms. The summed E-state index contributed by atoms with van der Waals surface area (Å²) in [7, 11) is 2.16. The highest BCUT2D eigenvalue weighted by atomic mass is 19.1. The van der Waals surface area contributed by atoms with Crippen LogP contribution < -0.4 is 5.32 Å². The Labute approximate surface area is 144 Å². The van der Waals surface area contributed by atoms with Gasteiger partial charge in [0.15, 0.2) is 0 Å². The van der Waals surface area contributed by atoms with E-state index in [1.165, 1.54) is 24.6 Å². The second-order valence-electron chi connectivity index (χ2n) is 6.48. The lowest BCUT2D eigenvalue weighted by Crippen LogP contribution is -2.32. The molecule has 0 unspecified atom stereocenters. The van der Waals surface area contributed by atoms with Crippen LogP contribution in [-0.4, -0.2) is 62.0 Å². The van der Waals surface area contributed by atoms with Crippen molar-refractivity contribution in [3.05, 3.63) is 41.7 Å². The molecular formula is C19H28FN3O. The maximum Gasteiger partial charge on any atom is 0.244 e. The van der Waals surface area contributed by atoms with E-state index in [9.17, 15) is 9.18 Å². The Kier molecular flexibility index (Phi) is 7.40. The number of nitrogens with one attached hydrogen (secondary N) is 1. The number of halogens is 1. The first-order chi connectivity index (χ1) is 11.5. The van der Waals surface area contributed by atoms with Crippen molar-refractivity contribution in [1.29, 1.82) is 0 Å². The molecule has 2 rings (SSSR count). The lowest BCUT2D eigenvalue weighted by Gasteiger charge is -2.19. The summed E-state index contributed by atoms with van der Waals surface area (Å²) in [5.41, 5.74) is 1.50. The van der Waals surface area contributed by atoms with Crippen LogP contribution in [0, 0.1) is 5.82 Å². The normalized spacial score (nSPS) is 17.5. The van der Waals surface area contributed by atoms with Gasteiger partial charge in [0.1, 0.15) is 5.82 Å². The summed E-state index contributed by atoms with van der Waals surface area (Å²) in [4.78, 5) is 16.8. The van der Waals surface area contributed by atoms with Gasteiger partial charge in [0.2, 0.25) is 5.91 Å². The van der Waals surface area contributed by atoms with Crippen molar-refractivity contribution in [2.75, 3.05) is 46.3 Å². The minimum Gasteiger partial charge on any atom is -0.352 e. The van der Waals surface area contributed by atoms with E-state index in [-0.39, 0.29) is 11.7 Å². The molecule has 1 aromatic rings. The van der Waals surface area contributed by atoms with Gasteiger partial charge in [-0.3, -0.25) is 4.79 Å². The summed E-state index contributed by atoms with van der Waals surface area (Å²) in [5, 5.41) is 2.92. The minimum atomic E-state index is -0.288. The van der Waals surface area contributed by atoms with E-state index in [0.29, 0.717) is 6.54 Å². The van der Waals surface area contributed by atoms with Gasteiger partial charge in [0, 0.05) is 25.7 Å². The molecule has 1 amide bonds. The first-order valence-electron chi connectivity index (χ1n) is 8.67.